The van der Waals surface area contributed by atoms with Gasteiger partial charge in [-0.1, -0.05) is 39.0 Å². The summed E-state index contributed by atoms with van der Waals surface area (Å²) in [7, 11) is 0. The van der Waals surface area contributed by atoms with Crippen LogP contribution in [-0.2, 0) is 12.8 Å². The standard InChI is InChI=1S/C16H25NO/c1-16(2,3)9-11-4-5-12-6-7-13(10-18)15(17)14(12)8-11/h4-5,8,13,15,18H,6-7,9-10,17H2,1-3H3. The molecule has 18 heavy (non-hydrogen) atoms. The Kier molecular flexibility index (Phi) is 3.79. The molecule has 2 heteroatoms. The average Bonchev–Trinajstić information content (AvgIpc) is 2.28. The van der Waals surface area contributed by atoms with Gasteiger partial charge in [0.1, 0.15) is 0 Å². The summed E-state index contributed by atoms with van der Waals surface area (Å²) in [5.74, 6) is 0.224. The van der Waals surface area contributed by atoms with Gasteiger partial charge in [0.25, 0.3) is 0 Å². The molecule has 1 aromatic rings. The maximum absolute atomic E-state index is 9.36. The molecule has 0 heterocycles. The molecule has 0 fully saturated rings. The highest BCUT2D eigenvalue weighted by Gasteiger charge is 2.26. The van der Waals surface area contributed by atoms with Crippen LogP contribution in [0, 0.1) is 11.3 Å². The van der Waals surface area contributed by atoms with Gasteiger partial charge in [-0.15, -0.1) is 0 Å². The van der Waals surface area contributed by atoms with Crippen molar-refractivity contribution in [2.45, 2.75) is 46.1 Å². The summed E-state index contributed by atoms with van der Waals surface area (Å²) in [5.41, 5.74) is 10.5. The van der Waals surface area contributed by atoms with Crippen molar-refractivity contribution >= 4 is 0 Å². The average molecular weight is 247 g/mol. The molecule has 0 aliphatic heterocycles. The van der Waals surface area contributed by atoms with E-state index in [1.807, 2.05) is 0 Å². The Morgan fingerprint density at radius 1 is 1.33 bits per heavy atom. The van der Waals surface area contributed by atoms with Crippen molar-refractivity contribution in [2.75, 3.05) is 6.61 Å². The minimum Gasteiger partial charge on any atom is -0.396 e. The fourth-order valence-electron chi connectivity index (χ4n) is 2.88. The van der Waals surface area contributed by atoms with Crippen LogP contribution in [0.5, 0.6) is 0 Å². The number of nitrogens with two attached hydrogens (primary N) is 1. The number of fused-ring (bicyclic) bond motifs is 1. The summed E-state index contributed by atoms with van der Waals surface area (Å²) in [6.07, 6.45) is 3.12. The zero-order valence-corrected chi connectivity index (χ0v) is 11.7. The highest BCUT2D eigenvalue weighted by atomic mass is 16.3. The van der Waals surface area contributed by atoms with Crippen molar-refractivity contribution in [1.29, 1.82) is 0 Å². The summed E-state index contributed by atoms with van der Waals surface area (Å²) in [4.78, 5) is 0. The normalized spacial score (nSPS) is 23.8. The van der Waals surface area contributed by atoms with E-state index in [4.69, 9.17) is 5.73 Å². The largest absolute Gasteiger partial charge is 0.396 e. The summed E-state index contributed by atoms with van der Waals surface area (Å²) in [5, 5.41) is 9.36. The third-order valence-electron chi connectivity index (χ3n) is 3.83. The van der Waals surface area contributed by atoms with Crippen LogP contribution in [0.1, 0.15) is 49.9 Å². The van der Waals surface area contributed by atoms with E-state index in [2.05, 4.69) is 39.0 Å². The van der Waals surface area contributed by atoms with Crippen molar-refractivity contribution in [3.8, 4) is 0 Å². The van der Waals surface area contributed by atoms with Crippen molar-refractivity contribution in [3.63, 3.8) is 0 Å². The van der Waals surface area contributed by atoms with Crippen LogP contribution in [0.4, 0.5) is 0 Å². The summed E-state index contributed by atoms with van der Waals surface area (Å²) >= 11 is 0. The van der Waals surface area contributed by atoms with Crippen molar-refractivity contribution < 1.29 is 5.11 Å². The smallest absolute Gasteiger partial charge is 0.0477 e. The second-order valence-corrected chi connectivity index (χ2v) is 6.78. The van der Waals surface area contributed by atoms with Crippen molar-refractivity contribution in [2.24, 2.45) is 17.1 Å². The third kappa shape index (κ3) is 2.93. The first kappa shape index (κ1) is 13.6. The fourth-order valence-corrected chi connectivity index (χ4v) is 2.88. The third-order valence-corrected chi connectivity index (χ3v) is 3.83. The Morgan fingerprint density at radius 2 is 2.06 bits per heavy atom. The lowest BCUT2D eigenvalue weighted by molar-refractivity contribution is 0.190. The monoisotopic (exact) mass is 247 g/mol. The van der Waals surface area contributed by atoms with E-state index < -0.39 is 0 Å². The Hall–Kier alpha value is -0.860. The molecule has 0 saturated carbocycles. The highest BCUT2D eigenvalue weighted by Crippen LogP contribution is 2.34. The topological polar surface area (TPSA) is 46.2 Å². The molecule has 1 aliphatic rings. The van der Waals surface area contributed by atoms with Crippen LogP contribution in [0.15, 0.2) is 18.2 Å². The van der Waals surface area contributed by atoms with Crippen LogP contribution in [0.2, 0.25) is 0 Å². The predicted molar refractivity (Wildman–Crippen MR) is 75.4 cm³/mol. The van der Waals surface area contributed by atoms with Crippen LogP contribution in [-0.4, -0.2) is 11.7 Å². The maximum Gasteiger partial charge on any atom is 0.0477 e. The molecule has 0 radical (unpaired) electrons. The van der Waals surface area contributed by atoms with E-state index >= 15 is 0 Å². The zero-order chi connectivity index (χ0) is 13.3. The van der Waals surface area contributed by atoms with Gasteiger partial charge in [-0.2, -0.15) is 0 Å². The first-order valence-electron chi connectivity index (χ1n) is 6.89. The Bertz CT molecular complexity index is 420. The molecular formula is C16H25NO. The highest BCUT2D eigenvalue weighted by molar-refractivity contribution is 5.37. The number of aliphatic hydroxyl groups is 1. The van der Waals surface area contributed by atoms with E-state index in [1.165, 1.54) is 16.7 Å². The molecule has 2 rings (SSSR count). The van der Waals surface area contributed by atoms with Gasteiger partial charge < -0.3 is 10.8 Å². The van der Waals surface area contributed by atoms with Gasteiger partial charge in [0.05, 0.1) is 0 Å². The zero-order valence-electron chi connectivity index (χ0n) is 11.7. The molecule has 2 nitrogen and oxygen atoms in total. The summed E-state index contributed by atoms with van der Waals surface area (Å²) in [6, 6.07) is 6.71. The molecule has 0 aromatic heterocycles. The lowest BCUT2D eigenvalue weighted by Crippen LogP contribution is -2.29. The molecule has 0 bridgehead atoms. The second-order valence-electron chi connectivity index (χ2n) is 6.78. The Balaban J connectivity index is 2.27. The Labute approximate surface area is 110 Å². The van der Waals surface area contributed by atoms with Crippen LogP contribution >= 0.6 is 0 Å². The number of aryl methyl sites for hydroxylation is 1. The number of aliphatic hydroxyl groups excluding tert-OH is 1. The number of rotatable bonds is 2. The Morgan fingerprint density at radius 3 is 2.67 bits per heavy atom. The molecule has 3 N–H and O–H groups in total. The molecule has 2 unspecified atom stereocenters. The van der Waals surface area contributed by atoms with Crippen LogP contribution in [0.3, 0.4) is 0 Å². The first-order valence-corrected chi connectivity index (χ1v) is 6.89. The first-order chi connectivity index (χ1) is 8.40. The SMILES string of the molecule is CC(C)(C)Cc1ccc2c(c1)C(N)C(CO)CC2. The predicted octanol–water partition coefficient (Wildman–Crippen LogP) is 2.83. The molecule has 0 saturated heterocycles. The van der Waals surface area contributed by atoms with E-state index in [9.17, 15) is 5.11 Å². The lowest BCUT2D eigenvalue weighted by Gasteiger charge is -2.30. The van der Waals surface area contributed by atoms with Crippen LogP contribution < -0.4 is 5.73 Å². The van der Waals surface area contributed by atoms with Gasteiger partial charge in [-0.25, -0.2) is 0 Å². The quantitative estimate of drug-likeness (QED) is 0.844. The molecule has 0 amide bonds. The minimum atomic E-state index is -0.00123. The fraction of sp³-hybridized carbons (Fsp3) is 0.625. The molecule has 100 valence electrons. The van der Waals surface area contributed by atoms with Gasteiger partial charge >= 0.3 is 0 Å². The summed E-state index contributed by atoms with van der Waals surface area (Å²) in [6.45, 7) is 6.96. The van der Waals surface area contributed by atoms with Gasteiger partial charge in [0.2, 0.25) is 0 Å². The van der Waals surface area contributed by atoms with Crippen LogP contribution in [0.25, 0.3) is 0 Å². The van der Waals surface area contributed by atoms with E-state index in [0.717, 1.165) is 19.3 Å². The second kappa shape index (κ2) is 5.02. The van der Waals surface area contributed by atoms with Crippen molar-refractivity contribution in [1.82, 2.24) is 0 Å². The number of hydrogen-bond acceptors (Lipinski definition) is 2. The van der Waals surface area contributed by atoms with Gasteiger partial charge in [-0.3, -0.25) is 0 Å². The van der Waals surface area contributed by atoms with Gasteiger partial charge in [0, 0.05) is 18.6 Å². The van der Waals surface area contributed by atoms with E-state index in [0.29, 0.717) is 5.41 Å². The van der Waals surface area contributed by atoms with E-state index in [1.54, 1.807) is 0 Å². The lowest BCUT2D eigenvalue weighted by atomic mass is 9.78. The number of hydrogen-bond donors (Lipinski definition) is 2. The summed E-state index contributed by atoms with van der Waals surface area (Å²) < 4.78 is 0. The number of benzene rings is 1. The van der Waals surface area contributed by atoms with E-state index in [-0.39, 0.29) is 18.6 Å². The van der Waals surface area contributed by atoms with Gasteiger partial charge in [0.15, 0.2) is 0 Å². The van der Waals surface area contributed by atoms with Crippen molar-refractivity contribution in [3.05, 3.63) is 34.9 Å². The molecule has 0 spiro atoms. The minimum absolute atomic E-state index is 0.00123. The van der Waals surface area contributed by atoms with Gasteiger partial charge in [-0.05, 0) is 41.4 Å². The molecule has 1 aromatic carbocycles. The molecule has 1 aliphatic carbocycles. The molecular weight excluding hydrogens is 222 g/mol. The maximum atomic E-state index is 9.36. The molecule has 2 atom stereocenters.